The van der Waals surface area contributed by atoms with Crippen molar-refractivity contribution in [3.8, 4) is 0 Å². The molecule has 0 spiro atoms. The lowest BCUT2D eigenvalue weighted by Gasteiger charge is -2.43. The van der Waals surface area contributed by atoms with E-state index in [1.165, 1.54) is 38.6 Å². The second kappa shape index (κ2) is 7.39. The van der Waals surface area contributed by atoms with Gasteiger partial charge in [0.2, 0.25) is 0 Å². The predicted octanol–water partition coefficient (Wildman–Crippen LogP) is 2.77. The van der Waals surface area contributed by atoms with Gasteiger partial charge < -0.3 is 4.90 Å². The molecule has 0 atom stereocenters. The number of aldehydes is 1. The Kier molecular flexibility index (Phi) is 5.26. The number of carbonyl (C=O) groups excluding carboxylic acids is 1. The van der Waals surface area contributed by atoms with Gasteiger partial charge in [-0.1, -0.05) is 6.42 Å². The van der Waals surface area contributed by atoms with Crippen molar-refractivity contribution in [3.63, 3.8) is 0 Å². The molecule has 0 unspecified atom stereocenters. The first kappa shape index (κ1) is 16.4. The van der Waals surface area contributed by atoms with Gasteiger partial charge in [-0.05, 0) is 45.4 Å². The maximum atomic E-state index is 10.7. The van der Waals surface area contributed by atoms with E-state index in [2.05, 4.69) is 33.6 Å². The summed E-state index contributed by atoms with van der Waals surface area (Å²) in [7, 11) is 0. The van der Waals surface area contributed by atoms with Gasteiger partial charge in [0, 0.05) is 31.7 Å². The van der Waals surface area contributed by atoms with Gasteiger partial charge in [-0.2, -0.15) is 0 Å². The Hall–Kier alpha value is -1.49. The Balaban J connectivity index is 1.52. The standard InChI is InChI=1S/C18H28N4O/c1-14(2)22(17-4-3-5-17)12-15-6-8-21(9-7-15)18-11-19-16(13-23)10-20-18/h10-11,13-15,17H,3-9,12H2,1-2H3. The molecule has 1 aliphatic heterocycles. The highest BCUT2D eigenvalue weighted by Crippen LogP contribution is 2.29. The van der Waals surface area contributed by atoms with Gasteiger partial charge in [-0.3, -0.25) is 9.69 Å². The maximum absolute atomic E-state index is 10.7. The van der Waals surface area contributed by atoms with Crippen molar-refractivity contribution in [2.45, 2.75) is 58.0 Å². The lowest BCUT2D eigenvalue weighted by molar-refractivity contribution is 0.0712. The summed E-state index contributed by atoms with van der Waals surface area (Å²) in [6.45, 7) is 7.98. The summed E-state index contributed by atoms with van der Waals surface area (Å²) in [5, 5.41) is 0. The first-order chi connectivity index (χ1) is 11.2. The summed E-state index contributed by atoms with van der Waals surface area (Å²) in [5.74, 6) is 1.69. The minimum Gasteiger partial charge on any atom is -0.355 e. The van der Waals surface area contributed by atoms with Crippen molar-refractivity contribution in [1.29, 1.82) is 0 Å². The molecule has 0 radical (unpaired) electrons. The topological polar surface area (TPSA) is 49.3 Å². The van der Waals surface area contributed by atoms with Crippen molar-refractivity contribution in [3.05, 3.63) is 18.1 Å². The summed E-state index contributed by atoms with van der Waals surface area (Å²) in [5.41, 5.74) is 0.400. The van der Waals surface area contributed by atoms with E-state index < -0.39 is 0 Å². The van der Waals surface area contributed by atoms with Crippen LogP contribution in [0.15, 0.2) is 12.4 Å². The Bertz CT molecular complexity index is 504. The molecule has 0 aromatic carbocycles. The monoisotopic (exact) mass is 316 g/mol. The first-order valence-corrected chi connectivity index (χ1v) is 8.95. The number of piperidine rings is 1. The second-order valence-electron chi connectivity index (χ2n) is 7.22. The lowest BCUT2D eigenvalue weighted by Crippen LogP contribution is -2.48. The summed E-state index contributed by atoms with van der Waals surface area (Å²) in [4.78, 5) is 24.2. The normalized spacial score (nSPS) is 20.1. The number of aromatic nitrogens is 2. The zero-order valence-corrected chi connectivity index (χ0v) is 14.3. The molecule has 2 fully saturated rings. The third-order valence-corrected chi connectivity index (χ3v) is 5.39. The smallest absolute Gasteiger partial charge is 0.170 e. The molecule has 0 bridgehead atoms. The highest BCUT2D eigenvalue weighted by molar-refractivity contribution is 5.71. The van der Waals surface area contributed by atoms with E-state index in [0.29, 0.717) is 11.7 Å². The van der Waals surface area contributed by atoms with Crippen molar-refractivity contribution >= 4 is 12.1 Å². The molecular formula is C18H28N4O. The van der Waals surface area contributed by atoms with Gasteiger partial charge in [0.25, 0.3) is 0 Å². The highest BCUT2D eigenvalue weighted by atomic mass is 16.1. The van der Waals surface area contributed by atoms with E-state index in [4.69, 9.17) is 0 Å². The van der Waals surface area contributed by atoms with E-state index in [1.807, 2.05) is 0 Å². The Morgan fingerprint density at radius 2 is 1.96 bits per heavy atom. The molecule has 5 nitrogen and oxygen atoms in total. The average molecular weight is 316 g/mol. The molecule has 0 amide bonds. The number of rotatable bonds is 6. The molecule has 1 saturated heterocycles. The summed E-state index contributed by atoms with van der Waals surface area (Å²) in [6, 6.07) is 1.48. The minimum absolute atomic E-state index is 0.400. The predicted molar refractivity (Wildman–Crippen MR) is 91.8 cm³/mol. The fourth-order valence-corrected chi connectivity index (χ4v) is 3.70. The van der Waals surface area contributed by atoms with Crippen molar-refractivity contribution in [2.75, 3.05) is 24.5 Å². The van der Waals surface area contributed by atoms with Crippen LogP contribution in [0.1, 0.15) is 56.4 Å². The highest BCUT2D eigenvalue weighted by Gasteiger charge is 2.30. The molecular weight excluding hydrogens is 288 g/mol. The van der Waals surface area contributed by atoms with Crippen LogP contribution in [0.3, 0.4) is 0 Å². The SMILES string of the molecule is CC(C)N(CC1CCN(c2cnc(C=O)cn2)CC1)C1CCC1. The lowest BCUT2D eigenvalue weighted by atomic mass is 9.88. The van der Waals surface area contributed by atoms with E-state index >= 15 is 0 Å². The van der Waals surface area contributed by atoms with Crippen molar-refractivity contribution < 1.29 is 4.79 Å². The van der Waals surface area contributed by atoms with Crippen LogP contribution in [0.4, 0.5) is 5.82 Å². The third-order valence-electron chi connectivity index (χ3n) is 5.39. The van der Waals surface area contributed by atoms with Crippen LogP contribution >= 0.6 is 0 Å². The molecule has 2 aliphatic rings. The average Bonchev–Trinajstić information content (AvgIpc) is 2.53. The van der Waals surface area contributed by atoms with Crippen molar-refractivity contribution in [2.24, 2.45) is 5.92 Å². The van der Waals surface area contributed by atoms with Gasteiger partial charge in [-0.25, -0.2) is 9.97 Å². The van der Waals surface area contributed by atoms with Crippen molar-refractivity contribution in [1.82, 2.24) is 14.9 Å². The zero-order chi connectivity index (χ0) is 16.2. The first-order valence-electron chi connectivity index (χ1n) is 8.95. The summed E-state index contributed by atoms with van der Waals surface area (Å²) in [6.07, 6.45) is 10.6. The van der Waals surface area contributed by atoms with Gasteiger partial charge in [0.1, 0.15) is 11.5 Å². The molecule has 126 valence electrons. The zero-order valence-electron chi connectivity index (χ0n) is 14.3. The molecule has 3 rings (SSSR count). The van der Waals surface area contributed by atoms with Gasteiger partial charge in [0.05, 0.1) is 12.4 Å². The van der Waals surface area contributed by atoms with E-state index in [0.717, 1.165) is 37.2 Å². The van der Waals surface area contributed by atoms with E-state index in [1.54, 1.807) is 12.4 Å². The number of nitrogens with zero attached hydrogens (tertiary/aromatic N) is 4. The largest absolute Gasteiger partial charge is 0.355 e. The fourth-order valence-electron chi connectivity index (χ4n) is 3.70. The number of anilines is 1. The molecule has 5 heteroatoms. The minimum atomic E-state index is 0.400. The molecule has 1 aliphatic carbocycles. The number of carbonyl (C=O) groups is 1. The third kappa shape index (κ3) is 3.89. The summed E-state index contributed by atoms with van der Waals surface area (Å²) >= 11 is 0. The fraction of sp³-hybridized carbons (Fsp3) is 0.722. The van der Waals surface area contributed by atoms with Crippen LogP contribution in [0, 0.1) is 5.92 Å². The number of hydrogen-bond donors (Lipinski definition) is 0. The summed E-state index contributed by atoms with van der Waals surface area (Å²) < 4.78 is 0. The molecule has 1 aromatic heterocycles. The Labute approximate surface area is 139 Å². The number of hydrogen-bond acceptors (Lipinski definition) is 5. The quantitative estimate of drug-likeness (QED) is 0.755. The Morgan fingerprint density at radius 1 is 1.22 bits per heavy atom. The van der Waals surface area contributed by atoms with Crippen LogP contribution < -0.4 is 4.90 Å². The van der Waals surface area contributed by atoms with Crippen LogP contribution in [0.25, 0.3) is 0 Å². The van der Waals surface area contributed by atoms with E-state index in [-0.39, 0.29) is 0 Å². The van der Waals surface area contributed by atoms with Crippen LogP contribution in [0.5, 0.6) is 0 Å². The van der Waals surface area contributed by atoms with E-state index in [9.17, 15) is 4.79 Å². The molecule has 2 heterocycles. The van der Waals surface area contributed by atoms with Gasteiger partial charge >= 0.3 is 0 Å². The maximum Gasteiger partial charge on any atom is 0.170 e. The Morgan fingerprint density at radius 3 is 2.43 bits per heavy atom. The van der Waals surface area contributed by atoms with Gasteiger partial charge in [-0.15, -0.1) is 0 Å². The molecule has 23 heavy (non-hydrogen) atoms. The van der Waals surface area contributed by atoms with Gasteiger partial charge in [0.15, 0.2) is 6.29 Å². The van der Waals surface area contributed by atoms with Crippen LogP contribution in [-0.4, -0.2) is 52.9 Å². The molecule has 1 saturated carbocycles. The second-order valence-corrected chi connectivity index (χ2v) is 7.22. The molecule has 1 aromatic rings. The molecule has 0 N–H and O–H groups in total. The van der Waals surface area contributed by atoms with Crippen LogP contribution in [-0.2, 0) is 0 Å². The van der Waals surface area contributed by atoms with Crippen LogP contribution in [0.2, 0.25) is 0 Å².